The SMILES string of the molecule is CCCCN1C(=O)[C@@H](CC2(O)CCCC2)NC(=O)C12CCN(Cc1ccc(Oc3ccc(C(=O)O)cc3OC)cc1)CC2. The molecule has 3 fully saturated rings. The lowest BCUT2D eigenvalue weighted by atomic mass is 9.80. The third-order valence-corrected chi connectivity index (χ3v) is 9.31. The number of methoxy groups -OCH3 is 1. The molecule has 10 heteroatoms. The molecule has 0 bridgehead atoms. The Bertz CT molecular complexity index is 1310. The summed E-state index contributed by atoms with van der Waals surface area (Å²) in [6.45, 7) is 4.72. The van der Waals surface area contributed by atoms with E-state index in [1.165, 1.54) is 19.2 Å². The first-order valence-electron chi connectivity index (χ1n) is 15.4. The fraction of sp³-hybridized carbons (Fsp3) is 0.545. The molecular weight excluding hydrogens is 550 g/mol. The van der Waals surface area contributed by atoms with Crippen LogP contribution in [0.5, 0.6) is 17.2 Å². The summed E-state index contributed by atoms with van der Waals surface area (Å²) < 4.78 is 11.3. The van der Waals surface area contributed by atoms with Gasteiger partial charge in [0.25, 0.3) is 0 Å². The van der Waals surface area contributed by atoms with E-state index in [4.69, 9.17) is 9.47 Å². The van der Waals surface area contributed by atoms with Gasteiger partial charge in [-0.25, -0.2) is 4.79 Å². The zero-order chi connectivity index (χ0) is 30.6. The topological polar surface area (TPSA) is 129 Å². The molecule has 0 aromatic heterocycles. The molecule has 1 spiro atoms. The van der Waals surface area contributed by atoms with Crippen LogP contribution in [0, 0.1) is 0 Å². The molecule has 3 N–H and O–H groups in total. The predicted octanol–water partition coefficient (Wildman–Crippen LogP) is 4.34. The number of nitrogens with one attached hydrogen (secondary N) is 1. The maximum absolute atomic E-state index is 13.7. The molecule has 1 aliphatic carbocycles. The predicted molar refractivity (Wildman–Crippen MR) is 160 cm³/mol. The fourth-order valence-electron chi connectivity index (χ4n) is 6.78. The van der Waals surface area contributed by atoms with Gasteiger partial charge in [-0.3, -0.25) is 14.5 Å². The summed E-state index contributed by atoms with van der Waals surface area (Å²) in [5, 5.41) is 23.2. The molecule has 2 saturated heterocycles. The van der Waals surface area contributed by atoms with E-state index in [9.17, 15) is 24.6 Å². The van der Waals surface area contributed by atoms with Crippen molar-refractivity contribution in [2.45, 2.75) is 88.4 Å². The van der Waals surface area contributed by atoms with Crippen LogP contribution in [0.2, 0.25) is 0 Å². The van der Waals surface area contributed by atoms with E-state index < -0.39 is 23.2 Å². The number of hydrogen-bond acceptors (Lipinski definition) is 7. The van der Waals surface area contributed by atoms with Crippen molar-refractivity contribution in [3.05, 3.63) is 53.6 Å². The van der Waals surface area contributed by atoms with E-state index in [2.05, 4.69) is 17.1 Å². The number of amides is 2. The van der Waals surface area contributed by atoms with E-state index in [0.29, 0.717) is 75.5 Å². The first-order chi connectivity index (χ1) is 20.7. The summed E-state index contributed by atoms with van der Waals surface area (Å²) in [5.74, 6) is 0.197. The summed E-state index contributed by atoms with van der Waals surface area (Å²) in [4.78, 5) is 42.8. The Balaban J connectivity index is 1.21. The molecule has 2 aromatic carbocycles. The first-order valence-corrected chi connectivity index (χ1v) is 15.4. The Kier molecular flexibility index (Phi) is 9.27. The van der Waals surface area contributed by atoms with Crippen molar-refractivity contribution in [2.24, 2.45) is 0 Å². The summed E-state index contributed by atoms with van der Waals surface area (Å²) in [5.41, 5.74) is -0.498. The third kappa shape index (κ3) is 6.65. The second-order valence-corrected chi connectivity index (χ2v) is 12.2. The molecule has 10 nitrogen and oxygen atoms in total. The average Bonchev–Trinajstić information content (AvgIpc) is 3.43. The molecule has 0 unspecified atom stereocenters. The second-order valence-electron chi connectivity index (χ2n) is 12.2. The summed E-state index contributed by atoms with van der Waals surface area (Å²) in [6.07, 6.45) is 6.48. The van der Waals surface area contributed by atoms with Gasteiger partial charge in [0.05, 0.1) is 18.3 Å². The van der Waals surface area contributed by atoms with Crippen LogP contribution in [0.25, 0.3) is 0 Å². The van der Waals surface area contributed by atoms with Crippen molar-refractivity contribution in [3.8, 4) is 17.2 Å². The van der Waals surface area contributed by atoms with Crippen LogP contribution in [-0.2, 0) is 16.1 Å². The minimum absolute atomic E-state index is 0.0494. The van der Waals surface area contributed by atoms with Crippen LogP contribution in [0.15, 0.2) is 42.5 Å². The lowest BCUT2D eigenvalue weighted by Gasteiger charge is -2.52. The number of carboxylic acids is 1. The van der Waals surface area contributed by atoms with E-state index in [1.54, 1.807) is 6.07 Å². The monoisotopic (exact) mass is 593 g/mol. The highest BCUT2D eigenvalue weighted by Crippen LogP contribution is 2.38. The zero-order valence-corrected chi connectivity index (χ0v) is 25.1. The van der Waals surface area contributed by atoms with Gasteiger partial charge >= 0.3 is 5.97 Å². The van der Waals surface area contributed by atoms with E-state index in [-0.39, 0.29) is 17.4 Å². The first kappa shape index (κ1) is 30.8. The van der Waals surface area contributed by atoms with Gasteiger partial charge in [0.15, 0.2) is 11.5 Å². The highest BCUT2D eigenvalue weighted by molar-refractivity contribution is 6.00. The van der Waals surface area contributed by atoms with Gasteiger partial charge in [-0.2, -0.15) is 0 Å². The third-order valence-electron chi connectivity index (χ3n) is 9.31. The number of aromatic carboxylic acids is 1. The number of nitrogens with zero attached hydrogens (tertiary/aromatic N) is 2. The quantitative estimate of drug-likeness (QED) is 0.351. The molecule has 0 radical (unpaired) electrons. The number of piperazine rings is 1. The summed E-state index contributed by atoms with van der Waals surface area (Å²) >= 11 is 0. The van der Waals surface area contributed by atoms with Gasteiger partial charge in [0, 0.05) is 32.6 Å². The second kappa shape index (κ2) is 12.9. The standard InChI is InChI=1S/C33H43N3O7/c1-3-4-17-36-29(37)26(21-32(41)13-5-6-14-32)34-31(40)33(36)15-18-35(19-16-33)22-23-7-10-25(11-8-23)43-27-12-9-24(30(38)39)20-28(27)42-2/h7-12,20,26,41H,3-6,13-19,21-22H2,1-2H3,(H,34,40)(H,38,39)/t26-/m1/s1. The van der Waals surface area contributed by atoms with Crippen molar-refractivity contribution >= 4 is 17.8 Å². The van der Waals surface area contributed by atoms with Crippen molar-refractivity contribution in [1.29, 1.82) is 0 Å². The Morgan fingerprint density at radius 3 is 2.35 bits per heavy atom. The minimum atomic E-state index is -1.04. The van der Waals surface area contributed by atoms with Crippen LogP contribution in [0.1, 0.15) is 80.6 Å². The highest BCUT2D eigenvalue weighted by Gasteiger charge is 2.54. The number of carboxylic acid groups (broad SMARTS) is 1. The van der Waals surface area contributed by atoms with Crippen molar-refractivity contribution < 1.29 is 34.1 Å². The molecule has 5 rings (SSSR count). The highest BCUT2D eigenvalue weighted by atomic mass is 16.5. The molecule has 2 aromatic rings. The van der Waals surface area contributed by atoms with Gasteiger partial charge < -0.3 is 29.9 Å². The van der Waals surface area contributed by atoms with Crippen molar-refractivity contribution in [2.75, 3.05) is 26.7 Å². The summed E-state index contributed by atoms with van der Waals surface area (Å²) in [7, 11) is 1.47. The van der Waals surface area contributed by atoms with E-state index in [0.717, 1.165) is 31.2 Å². The number of unbranched alkanes of at least 4 members (excludes halogenated alkanes) is 1. The Hall–Kier alpha value is -3.63. The van der Waals surface area contributed by atoms with E-state index in [1.807, 2.05) is 29.2 Å². The lowest BCUT2D eigenvalue weighted by Crippen LogP contribution is -2.73. The molecule has 3 aliphatic rings. The van der Waals surface area contributed by atoms with Gasteiger partial charge in [0.1, 0.15) is 17.3 Å². The summed E-state index contributed by atoms with van der Waals surface area (Å²) in [6, 6.07) is 11.5. The molecule has 2 heterocycles. The van der Waals surface area contributed by atoms with Crippen LogP contribution >= 0.6 is 0 Å². The van der Waals surface area contributed by atoms with Gasteiger partial charge in [-0.15, -0.1) is 0 Å². The van der Waals surface area contributed by atoms with Crippen LogP contribution < -0.4 is 14.8 Å². The van der Waals surface area contributed by atoms with Crippen LogP contribution in [0.3, 0.4) is 0 Å². The minimum Gasteiger partial charge on any atom is -0.493 e. The zero-order valence-electron chi connectivity index (χ0n) is 25.1. The number of rotatable bonds is 11. The smallest absolute Gasteiger partial charge is 0.335 e. The van der Waals surface area contributed by atoms with Crippen LogP contribution in [-0.4, -0.2) is 81.7 Å². The number of carbonyl (C=O) groups excluding carboxylic acids is 2. The Morgan fingerprint density at radius 2 is 1.72 bits per heavy atom. The normalized spacial score (nSPS) is 21.6. The molecular formula is C33H43N3O7. The van der Waals surface area contributed by atoms with Gasteiger partial charge in [-0.1, -0.05) is 38.3 Å². The Morgan fingerprint density at radius 1 is 1.02 bits per heavy atom. The van der Waals surface area contributed by atoms with Gasteiger partial charge in [0.2, 0.25) is 11.8 Å². The maximum Gasteiger partial charge on any atom is 0.335 e. The molecule has 2 amide bonds. The van der Waals surface area contributed by atoms with Gasteiger partial charge in [-0.05, 0) is 68.0 Å². The average molecular weight is 594 g/mol. The molecule has 2 aliphatic heterocycles. The fourth-order valence-corrected chi connectivity index (χ4v) is 6.78. The lowest BCUT2D eigenvalue weighted by molar-refractivity contribution is -0.163. The number of carbonyl (C=O) groups is 3. The number of hydrogen-bond donors (Lipinski definition) is 3. The number of likely N-dealkylation sites (tertiary alicyclic amines) is 1. The maximum atomic E-state index is 13.7. The Labute approximate surface area is 253 Å². The number of ether oxygens (including phenoxy) is 2. The van der Waals surface area contributed by atoms with E-state index >= 15 is 0 Å². The molecule has 232 valence electrons. The molecule has 1 atom stereocenters. The number of aliphatic hydroxyl groups is 1. The van der Waals surface area contributed by atoms with Crippen molar-refractivity contribution in [3.63, 3.8) is 0 Å². The number of benzene rings is 2. The van der Waals surface area contributed by atoms with Crippen molar-refractivity contribution in [1.82, 2.24) is 15.1 Å². The largest absolute Gasteiger partial charge is 0.493 e. The molecule has 43 heavy (non-hydrogen) atoms. The number of piperidine rings is 1. The van der Waals surface area contributed by atoms with Crippen LogP contribution in [0.4, 0.5) is 0 Å². The molecule has 1 saturated carbocycles.